The lowest BCUT2D eigenvalue weighted by molar-refractivity contribution is -0.403. The second-order valence-corrected chi connectivity index (χ2v) is 5.55. The van der Waals surface area contributed by atoms with Crippen LogP contribution in [0.15, 0.2) is 42.7 Å². The second-order valence-electron chi connectivity index (χ2n) is 5.55. The van der Waals surface area contributed by atoms with Gasteiger partial charge in [0.05, 0.1) is 36.9 Å². The molecule has 0 saturated carbocycles. The van der Waals surface area contributed by atoms with Gasteiger partial charge in [-0.3, -0.25) is 10.1 Å². The first kappa shape index (κ1) is 19.1. The van der Waals surface area contributed by atoms with E-state index in [-0.39, 0.29) is 5.82 Å². The molecule has 1 aromatic carbocycles. The predicted molar refractivity (Wildman–Crippen MR) is 97.8 cm³/mol. The van der Waals surface area contributed by atoms with E-state index in [2.05, 4.69) is 15.6 Å². The molecule has 0 saturated heterocycles. The molecule has 0 aliphatic carbocycles. The molecule has 0 unspecified atom stereocenters. The fraction of sp³-hybridized carbons (Fsp3) is 0.353. The molecule has 1 heterocycles. The Morgan fingerprint density at radius 2 is 2.19 bits per heavy atom. The van der Waals surface area contributed by atoms with Gasteiger partial charge in [0, 0.05) is 25.4 Å². The average molecular weight is 361 g/mol. The molecular formula is C17H23N5O4. The lowest BCUT2D eigenvalue weighted by Crippen LogP contribution is -2.23. The summed E-state index contributed by atoms with van der Waals surface area (Å²) in [7, 11) is 3.08. The Labute approximate surface area is 151 Å². The zero-order chi connectivity index (χ0) is 18.9. The first-order valence-electron chi connectivity index (χ1n) is 8.08. The van der Waals surface area contributed by atoms with Gasteiger partial charge < -0.3 is 24.7 Å². The summed E-state index contributed by atoms with van der Waals surface area (Å²) in [4.78, 5) is 14.6. The number of aromatic nitrogens is 2. The topological polar surface area (TPSA) is 103 Å². The maximum absolute atomic E-state index is 10.9. The van der Waals surface area contributed by atoms with E-state index in [4.69, 9.17) is 9.47 Å². The second kappa shape index (κ2) is 9.30. The van der Waals surface area contributed by atoms with Crippen molar-refractivity contribution in [3.05, 3.63) is 58.6 Å². The highest BCUT2D eigenvalue weighted by Gasteiger charge is 2.09. The zero-order valence-electron chi connectivity index (χ0n) is 15.1. The van der Waals surface area contributed by atoms with Crippen molar-refractivity contribution in [2.75, 3.05) is 26.1 Å². The minimum Gasteiger partial charge on any atom is -0.497 e. The molecule has 9 heteroatoms. The van der Waals surface area contributed by atoms with E-state index in [1.165, 1.54) is 7.11 Å². The van der Waals surface area contributed by atoms with Gasteiger partial charge in [0.1, 0.15) is 11.5 Å². The van der Waals surface area contributed by atoms with Gasteiger partial charge in [-0.25, -0.2) is 4.98 Å². The minimum atomic E-state index is -0.509. The van der Waals surface area contributed by atoms with Crippen molar-refractivity contribution in [3.8, 4) is 11.5 Å². The molecule has 2 aromatic rings. The molecule has 26 heavy (non-hydrogen) atoms. The normalized spacial score (nSPS) is 11.1. The van der Waals surface area contributed by atoms with Crippen LogP contribution in [0.5, 0.6) is 11.5 Å². The maximum Gasteiger partial charge on any atom is 0.274 e. The smallest absolute Gasteiger partial charge is 0.274 e. The summed E-state index contributed by atoms with van der Waals surface area (Å²) in [5.74, 6) is 1.44. The summed E-state index contributed by atoms with van der Waals surface area (Å²) in [6.45, 7) is 3.26. The lowest BCUT2D eigenvalue weighted by atomic mass is 10.2. The zero-order valence-corrected chi connectivity index (χ0v) is 15.1. The molecular weight excluding hydrogens is 338 g/mol. The molecule has 9 nitrogen and oxygen atoms in total. The van der Waals surface area contributed by atoms with E-state index in [1.807, 2.05) is 17.7 Å². The molecule has 2 N–H and O–H groups in total. The average Bonchev–Trinajstić information content (AvgIpc) is 3.03. The van der Waals surface area contributed by atoms with Crippen molar-refractivity contribution in [2.24, 2.45) is 0 Å². The Kier molecular flexibility index (Phi) is 6.84. The van der Waals surface area contributed by atoms with Crippen LogP contribution in [0.2, 0.25) is 0 Å². The van der Waals surface area contributed by atoms with Crippen LogP contribution in [-0.4, -0.2) is 35.2 Å². The number of ether oxygens (including phenoxy) is 2. The Bertz CT molecular complexity index is 772. The summed E-state index contributed by atoms with van der Waals surface area (Å²) in [5.41, 5.74) is 1.55. The highest BCUT2D eigenvalue weighted by Crippen LogP contribution is 2.29. The van der Waals surface area contributed by atoms with Gasteiger partial charge >= 0.3 is 0 Å². The fourth-order valence-corrected chi connectivity index (χ4v) is 2.35. The third-order valence-corrected chi connectivity index (χ3v) is 3.58. The monoisotopic (exact) mass is 361 g/mol. The number of nitrogens with zero attached hydrogens (tertiary/aromatic N) is 3. The van der Waals surface area contributed by atoms with Crippen LogP contribution in [0.25, 0.3) is 0 Å². The molecule has 0 aliphatic heterocycles. The molecule has 0 aliphatic rings. The first-order valence-corrected chi connectivity index (χ1v) is 8.08. The van der Waals surface area contributed by atoms with Gasteiger partial charge in [0.15, 0.2) is 5.82 Å². The Balaban J connectivity index is 1.98. The summed E-state index contributed by atoms with van der Waals surface area (Å²) in [5, 5.41) is 16.9. The molecule has 0 amide bonds. The number of rotatable bonds is 10. The van der Waals surface area contributed by atoms with Gasteiger partial charge in [0.2, 0.25) is 0 Å². The van der Waals surface area contributed by atoms with E-state index in [0.29, 0.717) is 23.7 Å². The minimum absolute atomic E-state index is 0.278. The highest BCUT2D eigenvalue weighted by molar-refractivity contribution is 5.61. The SMILES string of the molecule is COc1ccc(N/C(=C\[N+](=O)[O-])NCCCn2cnc(C)c2)c(OC)c1. The van der Waals surface area contributed by atoms with Crippen LogP contribution in [0.4, 0.5) is 5.69 Å². The molecule has 0 radical (unpaired) electrons. The molecule has 0 atom stereocenters. The van der Waals surface area contributed by atoms with E-state index < -0.39 is 4.92 Å². The first-order chi connectivity index (χ1) is 12.5. The number of imidazole rings is 1. The molecule has 2 rings (SSSR count). The fourth-order valence-electron chi connectivity index (χ4n) is 2.35. The summed E-state index contributed by atoms with van der Waals surface area (Å²) < 4.78 is 12.4. The third-order valence-electron chi connectivity index (χ3n) is 3.58. The van der Waals surface area contributed by atoms with Crippen LogP contribution in [0, 0.1) is 17.0 Å². The van der Waals surface area contributed by atoms with Crippen LogP contribution in [-0.2, 0) is 6.54 Å². The number of aryl methyl sites for hydroxylation is 2. The van der Waals surface area contributed by atoms with Crippen molar-refractivity contribution in [1.29, 1.82) is 0 Å². The van der Waals surface area contributed by atoms with Crippen molar-refractivity contribution >= 4 is 5.69 Å². The number of hydrogen-bond acceptors (Lipinski definition) is 7. The largest absolute Gasteiger partial charge is 0.497 e. The summed E-state index contributed by atoms with van der Waals surface area (Å²) >= 11 is 0. The van der Waals surface area contributed by atoms with Gasteiger partial charge in [-0.1, -0.05) is 0 Å². The number of anilines is 1. The van der Waals surface area contributed by atoms with E-state index >= 15 is 0 Å². The summed E-state index contributed by atoms with van der Waals surface area (Å²) in [6, 6.07) is 5.19. The highest BCUT2D eigenvalue weighted by atomic mass is 16.6. The predicted octanol–water partition coefficient (Wildman–Crippen LogP) is 2.38. The molecule has 0 spiro atoms. The van der Waals surface area contributed by atoms with Gasteiger partial charge in [0.25, 0.3) is 6.20 Å². The number of hydrogen-bond donors (Lipinski definition) is 2. The van der Waals surface area contributed by atoms with Crippen molar-refractivity contribution < 1.29 is 14.4 Å². The van der Waals surface area contributed by atoms with Gasteiger partial charge in [-0.05, 0) is 25.5 Å². The van der Waals surface area contributed by atoms with Crippen LogP contribution in [0.3, 0.4) is 0 Å². The van der Waals surface area contributed by atoms with Crippen LogP contribution < -0.4 is 20.1 Å². The summed E-state index contributed by atoms with van der Waals surface area (Å²) in [6.07, 6.45) is 5.40. The Hall–Kier alpha value is -3.23. The van der Waals surface area contributed by atoms with Crippen LogP contribution >= 0.6 is 0 Å². The van der Waals surface area contributed by atoms with Gasteiger partial charge in [-0.15, -0.1) is 0 Å². The van der Waals surface area contributed by atoms with E-state index in [9.17, 15) is 10.1 Å². The van der Waals surface area contributed by atoms with Crippen LogP contribution in [0.1, 0.15) is 12.1 Å². The lowest BCUT2D eigenvalue weighted by Gasteiger charge is -2.15. The number of nitro groups is 1. The quantitative estimate of drug-likeness (QED) is 0.380. The van der Waals surface area contributed by atoms with E-state index in [0.717, 1.165) is 24.9 Å². The van der Waals surface area contributed by atoms with Crippen molar-refractivity contribution in [2.45, 2.75) is 19.9 Å². The molecule has 0 fully saturated rings. The number of nitrogens with one attached hydrogen (secondary N) is 2. The Morgan fingerprint density at radius 3 is 2.81 bits per heavy atom. The number of benzene rings is 1. The van der Waals surface area contributed by atoms with Crippen molar-refractivity contribution in [1.82, 2.24) is 14.9 Å². The van der Waals surface area contributed by atoms with Gasteiger partial charge in [-0.2, -0.15) is 0 Å². The number of methoxy groups -OCH3 is 2. The molecule has 140 valence electrons. The maximum atomic E-state index is 10.9. The molecule has 1 aromatic heterocycles. The van der Waals surface area contributed by atoms with E-state index in [1.54, 1.807) is 31.6 Å². The third kappa shape index (κ3) is 5.69. The van der Waals surface area contributed by atoms with Crippen molar-refractivity contribution in [3.63, 3.8) is 0 Å². The Morgan fingerprint density at radius 1 is 1.38 bits per heavy atom. The standard InChI is InChI=1S/C17H23N5O4/c1-13-10-21(12-19-13)8-4-7-18-17(11-22(23)24)20-15-6-5-14(25-2)9-16(15)26-3/h5-6,9-12,18,20H,4,7-8H2,1-3H3/b17-11-. The molecule has 0 bridgehead atoms.